The van der Waals surface area contributed by atoms with Gasteiger partial charge in [0.1, 0.15) is 5.60 Å². The van der Waals surface area contributed by atoms with Crippen LogP contribution < -0.4 is 26.7 Å². The molecular weight excluding hydrogens is 432 g/mol. The van der Waals surface area contributed by atoms with Crippen molar-refractivity contribution < 1.29 is 20.5 Å². The van der Waals surface area contributed by atoms with Crippen molar-refractivity contribution >= 4 is 45.7 Å². The van der Waals surface area contributed by atoms with Crippen LogP contribution >= 0.6 is 12.4 Å². The molecule has 172 valence electrons. The summed E-state index contributed by atoms with van der Waals surface area (Å²) in [5, 5.41) is 15.7. The van der Waals surface area contributed by atoms with Crippen molar-refractivity contribution in [2.24, 2.45) is 22.6 Å². The fourth-order valence-corrected chi connectivity index (χ4v) is 5.72. The van der Waals surface area contributed by atoms with Crippen molar-refractivity contribution in [1.29, 1.82) is 0 Å². The lowest BCUT2D eigenvalue weighted by Gasteiger charge is -2.50. The molecule has 7 nitrogen and oxygen atoms in total. The zero-order chi connectivity index (χ0) is 21.8. The zero-order valence-corrected chi connectivity index (χ0v) is 19.8. The van der Waals surface area contributed by atoms with Gasteiger partial charge in [0.2, 0.25) is 0 Å². The van der Waals surface area contributed by atoms with Crippen LogP contribution in [-0.4, -0.2) is 15.6 Å². The molecule has 1 heterocycles. The van der Waals surface area contributed by atoms with Crippen molar-refractivity contribution in [1.82, 2.24) is 4.98 Å². The van der Waals surface area contributed by atoms with E-state index in [-0.39, 0.29) is 40.5 Å². The summed E-state index contributed by atoms with van der Waals surface area (Å²) < 4.78 is 0. The third-order valence-electron chi connectivity index (χ3n) is 6.60. The Morgan fingerprint density at radius 1 is 1.12 bits per heavy atom. The maximum absolute atomic E-state index is 13.8. The zero-order valence-electron chi connectivity index (χ0n) is 19.0. The number of hydrogen-bond acceptors (Lipinski definition) is 6. The van der Waals surface area contributed by atoms with E-state index >= 15 is 0 Å². The Balaban J connectivity index is 0.00000144. The molecule has 0 spiro atoms. The van der Waals surface area contributed by atoms with Gasteiger partial charge in [-0.3, -0.25) is 9.68 Å². The van der Waals surface area contributed by atoms with Crippen molar-refractivity contribution in [2.45, 2.75) is 47.1 Å². The van der Waals surface area contributed by atoms with Crippen LogP contribution in [0.5, 0.6) is 5.88 Å². The molecule has 6 bridgehead atoms. The second-order valence-corrected chi connectivity index (χ2v) is 10.6. The first-order valence-electron chi connectivity index (χ1n) is 10.2. The molecule has 0 saturated carbocycles. The topological polar surface area (TPSA) is 126 Å². The summed E-state index contributed by atoms with van der Waals surface area (Å²) in [5.74, 6) is 5.13. The first-order chi connectivity index (χ1) is 13.9. The van der Waals surface area contributed by atoms with Gasteiger partial charge in [0.15, 0.2) is 5.43 Å². The first-order valence-corrected chi connectivity index (χ1v) is 10.2. The minimum atomic E-state index is -1.36. The van der Waals surface area contributed by atoms with Gasteiger partial charge in [0, 0.05) is 38.1 Å². The number of rotatable bonds is 2. The van der Waals surface area contributed by atoms with E-state index in [0.717, 1.165) is 10.8 Å². The molecule has 4 aliphatic rings. The van der Waals surface area contributed by atoms with Gasteiger partial charge in [0.25, 0.3) is 5.88 Å². The highest BCUT2D eigenvalue weighted by molar-refractivity contribution is 6.09. The SMILES string of the molecule is CC(C)(C)C1=c2c3c4nc(OON)c5cccc(c2=O)c5c4C1(O)C(C(C)(C)C)C=3.Cl.O. The Labute approximate surface area is 191 Å². The van der Waals surface area contributed by atoms with E-state index < -0.39 is 11.0 Å². The second kappa shape index (κ2) is 7.10. The molecule has 5 N–H and O–H groups in total. The summed E-state index contributed by atoms with van der Waals surface area (Å²) in [6.07, 6.45) is 2.02. The molecule has 3 aromatic rings. The predicted octanol–water partition coefficient (Wildman–Crippen LogP) is 1.82. The van der Waals surface area contributed by atoms with Crippen LogP contribution in [-0.2, 0) is 10.6 Å². The van der Waals surface area contributed by atoms with Gasteiger partial charge in [0.05, 0.1) is 5.52 Å². The highest BCUT2D eigenvalue weighted by atomic mass is 35.5. The molecule has 0 fully saturated rings. The Kier molecular flexibility index (Phi) is 5.41. The third-order valence-corrected chi connectivity index (χ3v) is 6.60. The highest BCUT2D eigenvalue weighted by Gasteiger charge is 2.56. The standard InChI is InChI=1S/C24H26N2O4.ClH.H2O/c1-22(2,3)14-10-13-16-19(27)11-8-7-9-12-15(11)17(18(13)26-21(12)29-30-25)24(14,28)20(16)23(4,5)6;;/h7-10,14,28H,25H2,1-6H3;1H;1H2. The van der Waals surface area contributed by atoms with E-state index in [0.29, 0.717) is 32.5 Å². The van der Waals surface area contributed by atoms with Crippen molar-refractivity contribution in [2.75, 3.05) is 0 Å². The van der Waals surface area contributed by atoms with Crippen LogP contribution in [0.2, 0.25) is 0 Å². The number of aliphatic hydroxyl groups is 1. The van der Waals surface area contributed by atoms with E-state index in [1.54, 1.807) is 12.1 Å². The normalized spacial score (nSPS) is 21.5. The summed E-state index contributed by atoms with van der Waals surface area (Å²) in [6.45, 7) is 12.5. The highest BCUT2D eigenvalue weighted by Crippen LogP contribution is 2.57. The third kappa shape index (κ3) is 2.75. The molecule has 2 atom stereocenters. The number of nitrogens with two attached hydrogens (primary N) is 1. The van der Waals surface area contributed by atoms with Gasteiger partial charge in [-0.05, 0) is 22.5 Å². The summed E-state index contributed by atoms with van der Waals surface area (Å²) in [6, 6.07) is 5.40. The van der Waals surface area contributed by atoms with E-state index in [9.17, 15) is 9.90 Å². The molecule has 7 rings (SSSR count). The second-order valence-electron chi connectivity index (χ2n) is 10.6. The largest absolute Gasteiger partial charge is 0.412 e. The molecule has 0 saturated heterocycles. The maximum atomic E-state index is 13.8. The number of fused-ring (bicyclic) bond motifs is 1. The van der Waals surface area contributed by atoms with Crippen LogP contribution in [0, 0.1) is 16.7 Å². The monoisotopic (exact) mass is 460 g/mol. The van der Waals surface area contributed by atoms with Crippen molar-refractivity contribution in [3.05, 3.63) is 44.4 Å². The van der Waals surface area contributed by atoms with Crippen molar-refractivity contribution in [3.8, 4) is 5.88 Å². The smallest absolute Gasteiger partial charge is 0.266 e. The molecule has 32 heavy (non-hydrogen) atoms. The fraction of sp³-hybridized carbons (Fsp3) is 0.417. The van der Waals surface area contributed by atoms with Crippen LogP contribution in [0.3, 0.4) is 0 Å². The molecule has 1 aromatic heterocycles. The number of hydrogen-bond donors (Lipinski definition) is 2. The van der Waals surface area contributed by atoms with Crippen LogP contribution in [0.15, 0.2) is 23.0 Å². The molecule has 0 radical (unpaired) electrons. The van der Waals surface area contributed by atoms with Gasteiger partial charge < -0.3 is 10.6 Å². The minimum Gasteiger partial charge on any atom is -0.412 e. The Morgan fingerprint density at radius 3 is 2.31 bits per heavy atom. The van der Waals surface area contributed by atoms with E-state index in [1.807, 2.05) is 12.1 Å². The molecule has 0 aliphatic heterocycles. The molecule has 4 aliphatic carbocycles. The fourth-order valence-electron chi connectivity index (χ4n) is 5.72. The van der Waals surface area contributed by atoms with Crippen molar-refractivity contribution in [3.63, 3.8) is 0 Å². The number of benzene rings is 1. The lowest BCUT2D eigenvalue weighted by molar-refractivity contribution is -0.213. The number of nitrogens with zero attached hydrogens (tertiary/aromatic N) is 1. The minimum absolute atomic E-state index is 0. The number of aromatic nitrogens is 1. The lowest BCUT2D eigenvalue weighted by Crippen LogP contribution is -2.59. The van der Waals surface area contributed by atoms with E-state index in [4.69, 9.17) is 10.8 Å². The predicted molar refractivity (Wildman–Crippen MR) is 127 cm³/mol. The van der Waals surface area contributed by atoms with Gasteiger partial charge in [-0.15, -0.1) is 12.4 Å². The van der Waals surface area contributed by atoms with E-state index in [1.165, 1.54) is 0 Å². The van der Waals surface area contributed by atoms with Crippen LogP contribution in [0.4, 0.5) is 0 Å². The summed E-state index contributed by atoms with van der Waals surface area (Å²) in [7, 11) is 0. The van der Waals surface area contributed by atoms with Gasteiger partial charge in [-0.1, -0.05) is 64.7 Å². The average Bonchev–Trinajstić information content (AvgIpc) is 2.76. The Bertz CT molecular complexity index is 1420. The lowest BCUT2D eigenvalue weighted by atomic mass is 9.56. The summed E-state index contributed by atoms with van der Waals surface area (Å²) >= 11 is 0. The van der Waals surface area contributed by atoms with Crippen LogP contribution in [0.25, 0.3) is 33.3 Å². The Hall–Kier alpha value is -2.29. The van der Waals surface area contributed by atoms with E-state index in [2.05, 4.69) is 51.5 Å². The average molecular weight is 461 g/mol. The molecule has 2 aromatic carbocycles. The molecule has 8 heteroatoms. The summed E-state index contributed by atoms with van der Waals surface area (Å²) in [5.41, 5.74) is -0.0996. The van der Waals surface area contributed by atoms with Crippen LogP contribution in [0.1, 0.15) is 47.1 Å². The first kappa shape index (κ1) is 24.4. The number of pyridine rings is 1. The van der Waals surface area contributed by atoms with Gasteiger partial charge in [-0.25, -0.2) is 4.98 Å². The maximum Gasteiger partial charge on any atom is 0.266 e. The number of halogens is 1. The summed E-state index contributed by atoms with van der Waals surface area (Å²) in [4.78, 5) is 28.1. The van der Waals surface area contributed by atoms with Gasteiger partial charge in [-0.2, -0.15) is 5.90 Å². The quantitative estimate of drug-likeness (QED) is 0.443. The molecule has 0 amide bonds. The van der Waals surface area contributed by atoms with Gasteiger partial charge >= 0.3 is 0 Å². The Morgan fingerprint density at radius 2 is 1.75 bits per heavy atom. The molecular formula is C24H29ClN2O5. The molecule has 2 unspecified atom stereocenters.